The molecule has 0 bridgehead atoms. The maximum Gasteiger partial charge on any atom is 0.372 e. The molecule has 5 rings (SSSR count). The number of aromatic nitrogens is 3. The molecule has 0 unspecified atom stereocenters. The first kappa shape index (κ1) is 26.1. The SMILES string of the molecule is O=[N+]([O-])c1cccc(S(=O)(=O)Nc2nc3ccccc3nc2-[n+]2cccc(N=C([O-])/C=C/c3ccccc3)c2)c1. The number of para-hydroxylation sites is 2. The Balaban J connectivity index is 1.54. The summed E-state index contributed by atoms with van der Waals surface area (Å²) in [7, 11) is -4.29. The maximum absolute atomic E-state index is 13.2. The molecule has 0 saturated carbocycles. The third kappa shape index (κ3) is 5.97. The van der Waals surface area contributed by atoms with Crippen molar-refractivity contribution in [1.82, 2.24) is 9.97 Å². The lowest BCUT2D eigenvalue weighted by Crippen LogP contribution is -2.33. The van der Waals surface area contributed by atoms with Crippen molar-refractivity contribution in [1.29, 1.82) is 0 Å². The van der Waals surface area contributed by atoms with Crippen molar-refractivity contribution in [3.63, 3.8) is 0 Å². The zero-order valence-electron chi connectivity index (χ0n) is 20.7. The highest BCUT2D eigenvalue weighted by atomic mass is 32.2. The lowest BCUT2D eigenvalue weighted by molar-refractivity contribution is -0.598. The van der Waals surface area contributed by atoms with E-state index in [-0.39, 0.29) is 22.2 Å². The highest BCUT2D eigenvalue weighted by Crippen LogP contribution is 2.23. The van der Waals surface area contributed by atoms with Gasteiger partial charge in [-0.25, -0.2) is 13.4 Å². The van der Waals surface area contributed by atoms with Crippen LogP contribution in [0.2, 0.25) is 0 Å². The van der Waals surface area contributed by atoms with Crippen LogP contribution in [-0.2, 0) is 10.0 Å². The lowest BCUT2D eigenvalue weighted by Gasteiger charge is -2.09. The van der Waals surface area contributed by atoms with Crippen LogP contribution in [0.1, 0.15) is 5.56 Å². The molecular formula is C28H20N6O5S. The van der Waals surface area contributed by atoms with Crippen molar-refractivity contribution >= 4 is 50.2 Å². The number of fused-ring (bicyclic) bond motifs is 1. The van der Waals surface area contributed by atoms with Gasteiger partial charge in [-0.05, 0) is 46.8 Å². The van der Waals surface area contributed by atoms with E-state index in [1.165, 1.54) is 35.0 Å². The van der Waals surface area contributed by atoms with Crippen LogP contribution in [0.3, 0.4) is 0 Å². The zero-order valence-corrected chi connectivity index (χ0v) is 21.5. The third-order valence-corrected chi connectivity index (χ3v) is 6.95. The van der Waals surface area contributed by atoms with Crippen LogP contribution in [0.15, 0.2) is 119 Å². The van der Waals surface area contributed by atoms with Gasteiger partial charge in [0.25, 0.3) is 15.7 Å². The molecule has 1 N–H and O–H groups in total. The number of nitrogens with zero attached hydrogens (tertiary/aromatic N) is 5. The van der Waals surface area contributed by atoms with Gasteiger partial charge in [0, 0.05) is 12.1 Å². The largest absolute Gasteiger partial charge is 0.859 e. The first-order valence-electron chi connectivity index (χ1n) is 11.8. The highest BCUT2D eigenvalue weighted by Gasteiger charge is 2.26. The minimum Gasteiger partial charge on any atom is -0.859 e. The van der Waals surface area contributed by atoms with Crippen molar-refractivity contribution in [3.8, 4) is 5.82 Å². The van der Waals surface area contributed by atoms with Crippen LogP contribution in [0.25, 0.3) is 22.9 Å². The molecule has 3 aromatic carbocycles. The molecule has 0 aliphatic rings. The van der Waals surface area contributed by atoms with E-state index in [9.17, 15) is 23.6 Å². The van der Waals surface area contributed by atoms with Crippen LogP contribution in [0, 0.1) is 10.1 Å². The standard InChI is InChI=1S/C28H20N6O5S/c35-26(16-15-20-8-2-1-3-9-20)29-21-10-7-17-33(19-21)28-27(30-24-13-4-5-14-25(24)31-28)32-40(38,39)23-12-6-11-22(18-23)34(36)37/h1-19H,(H-,29,30,32,35)/b16-15+. The van der Waals surface area contributed by atoms with E-state index >= 15 is 0 Å². The minimum atomic E-state index is -4.29. The quantitative estimate of drug-likeness (QED) is 0.101. The number of anilines is 1. The average Bonchev–Trinajstić information content (AvgIpc) is 2.96. The number of nitro groups is 1. The molecule has 0 spiro atoms. The van der Waals surface area contributed by atoms with Gasteiger partial charge in [0.05, 0.1) is 16.0 Å². The number of nitro benzene ring substituents is 1. The Morgan fingerprint density at radius 3 is 2.40 bits per heavy atom. The van der Waals surface area contributed by atoms with Crippen molar-refractivity contribution < 1.29 is 23.0 Å². The predicted molar refractivity (Wildman–Crippen MR) is 148 cm³/mol. The smallest absolute Gasteiger partial charge is 0.372 e. The molecule has 198 valence electrons. The molecule has 40 heavy (non-hydrogen) atoms. The fraction of sp³-hybridized carbons (Fsp3) is 0. The Hall–Kier alpha value is -5.49. The van der Waals surface area contributed by atoms with Gasteiger partial charge in [-0.2, -0.15) is 4.57 Å². The van der Waals surface area contributed by atoms with Crippen molar-refractivity contribution in [3.05, 3.63) is 125 Å². The number of sulfonamides is 1. The van der Waals surface area contributed by atoms with Crippen LogP contribution in [0.5, 0.6) is 0 Å². The van der Waals surface area contributed by atoms with Crippen molar-refractivity contribution in [2.24, 2.45) is 4.99 Å². The van der Waals surface area contributed by atoms with Gasteiger partial charge >= 0.3 is 5.82 Å². The van der Waals surface area contributed by atoms with E-state index in [2.05, 4.69) is 19.7 Å². The molecule has 0 aliphatic carbocycles. The van der Waals surface area contributed by atoms with Gasteiger partial charge in [-0.3, -0.25) is 19.8 Å². The summed E-state index contributed by atoms with van der Waals surface area (Å²) in [6, 6.07) is 24.1. The number of hydrogen-bond acceptors (Lipinski definition) is 8. The summed E-state index contributed by atoms with van der Waals surface area (Å²) < 4.78 is 30.3. The fourth-order valence-electron chi connectivity index (χ4n) is 3.75. The second kappa shape index (κ2) is 11.1. The van der Waals surface area contributed by atoms with E-state index < -0.39 is 20.8 Å². The number of benzene rings is 3. The van der Waals surface area contributed by atoms with Gasteiger partial charge in [0.1, 0.15) is 17.4 Å². The second-order valence-corrected chi connectivity index (χ2v) is 10.1. The summed E-state index contributed by atoms with van der Waals surface area (Å²) in [5.74, 6) is -0.502. The summed E-state index contributed by atoms with van der Waals surface area (Å²) in [5.41, 5.74) is 1.69. The lowest BCUT2D eigenvalue weighted by atomic mass is 10.2. The van der Waals surface area contributed by atoms with Gasteiger partial charge < -0.3 is 5.11 Å². The Morgan fingerprint density at radius 1 is 0.925 bits per heavy atom. The molecule has 0 aliphatic heterocycles. The number of aliphatic imine (C=N–C) groups is 1. The third-order valence-electron chi connectivity index (χ3n) is 5.61. The van der Waals surface area contributed by atoms with Gasteiger partial charge in [0.15, 0.2) is 0 Å². The van der Waals surface area contributed by atoms with Crippen LogP contribution in [0.4, 0.5) is 17.2 Å². The normalized spacial score (nSPS) is 12.1. The first-order valence-corrected chi connectivity index (χ1v) is 13.3. The number of rotatable bonds is 8. The predicted octanol–water partition coefficient (Wildman–Crippen LogP) is 3.72. The maximum atomic E-state index is 13.2. The second-order valence-electron chi connectivity index (χ2n) is 8.41. The Kier molecular flexibility index (Phi) is 7.25. The molecule has 11 nitrogen and oxygen atoms in total. The number of non-ortho nitro benzene ring substituents is 1. The van der Waals surface area contributed by atoms with Crippen LogP contribution in [-0.4, -0.2) is 29.2 Å². The molecule has 0 saturated heterocycles. The summed E-state index contributed by atoms with van der Waals surface area (Å²) >= 11 is 0. The molecule has 0 amide bonds. The van der Waals surface area contributed by atoms with Gasteiger partial charge in [-0.1, -0.05) is 60.7 Å². The highest BCUT2D eigenvalue weighted by molar-refractivity contribution is 7.92. The van der Waals surface area contributed by atoms with E-state index in [4.69, 9.17) is 0 Å². The van der Waals surface area contributed by atoms with Gasteiger partial charge in [-0.15, -0.1) is 0 Å². The topological polar surface area (TPSA) is 154 Å². The molecule has 12 heteroatoms. The summed E-state index contributed by atoms with van der Waals surface area (Å²) in [5, 5.41) is 23.6. The van der Waals surface area contributed by atoms with Crippen molar-refractivity contribution in [2.45, 2.75) is 4.90 Å². The average molecular weight is 553 g/mol. The summed E-state index contributed by atoms with van der Waals surface area (Å²) in [6.45, 7) is 0. The van der Waals surface area contributed by atoms with E-state index in [0.717, 1.165) is 11.6 Å². The molecule has 0 fully saturated rings. The van der Waals surface area contributed by atoms with Gasteiger partial charge in [0.2, 0.25) is 11.3 Å². The molecule has 2 aromatic heterocycles. The summed E-state index contributed by atoms with van der Waals surface area (Å²) in [6.07, 6.45) is 6.12. The molecule has 2 heterocycles. The van der Waals surface area contributed by atoms with E-state index in [1.54, 1.807) is 48.7 Å². The Morgan fingerprint density at radius 2 is 1.65 bits per heavy atom. The van der Waals surface area contributed by atoms with E-state index in [0.29, 0.717) is 16.7 Å². The van der Waals surface area contributed by atoms with E-state index in [1.807, 2.05) is 30.3 Å². The molecular weight excluding hydrogens is 532 g/mol. The van der Waals surface area contributed by atoms with Crippen molar-refractivity contribution in [2.75, 3.05) is 4.72 Å². The fourth-order valence-corrected chi connectivity index (χ4v) is 4.79. The summed E-state index contributed by atoms with van der Waals surface area (Å²) in [4.78, 5) is 23.3. The number of nitrogens with one attached hydrogen (secondary N) is 1. The minimum absolute atomic E-state index is 0.108. The zero-order chi connectivity index (χ0) is 28.1. The number of hydrogen-bond donors (Lipinski definition) is 1. The van der Waals surface area contributed by atoms with Crippen LogP contribution < -0.4 is 14.4 Å². The Labute approximate surface area is 228 Å². The first-order chi connectivity index (χ1) is 19.3. The molecule has 5 aromatic rings. The monoisotopic (exact) mass is 552 g/mol. The molecule has 0 radical (unpaired) electrons. The number of pyridine rings is 1. The Bertz CT molecular complexity index is 1890. The van der Waals surface area contributed by atoms with Crippen LogP contribution >= 0.6 is 0 Å². The molecule has 0 atom stereocenters.